The number of fused-ring (bicyclic) bond motifs is 7. The first-order valence-electron chi connectivity index (χ1n) is 12.2. The minimum Gasteiger partial charge on any atom is -0.393 e. The quantitative estimate of drug-likeness (QED) is 0.490. The third kappa shape index (κ3) is 3.20. The van der Waals surface area contributed by atoms with Gasteiger partial charge >= 0.3 is 0 Å². The molecule has 6 rings (SSSR count). The van der Waals surface area contributed by atoms with E-state index in [9.17, 15) is 5.11 Å². The Balaban J connectivity index is 1.22. The molecule has 170 valence electrons. The third-order valence-electron chi connectivity index (χ3n) is 9.47. The summed E-state index contributed by atoms with van der Waals surface area (Å²) in [5, 5.41) is 15.6. The van der Waals surface area contributed by atoms with Crippen LogP contribution in [0.4, 0.5) is 5.13 Å². The molecule has 1 aromatic heterocycles. The van der Waals surface area contributed by atoms with Gasteiger partial charge in [0.1, 0.15) is 0 Å². The number of nitrogens with zero attached hydrogens (tertiary/aromatic N) is 1. The van der Waals surface area contributed by atoms with Crippen molar-refractivity contribution in [2.45, 2.75) is 76.9 Å². The maximum Gasteiger partial charge on any atom is 0.183 e. The number of aliphatic hydroxyl groups excluding tert-OH is 1. The molecule has 4 aliphatic carbocycles. The smallest absolute Gasteiger partial charge is 0.183 e. The molecular formula is C27H33ClN2OS. The summed E-state index contributed by atoms with van der Waals surface area (Å²) in [6.07, 6.45) is 10.4. The highest BCUT2D eigenvalue weighted by Gasteiger charge is 2.58. The van der Waals surface area contributed by atoms with E-state index in [-0.39, 0.29) is 11.5 Å². The van der Waals surface area contributed by atoms with E-state index in [4.69, 9.17) is 16.6 Å². The highest BCUT2D eigenvalue weighted by molar-refractivity contribution is 7.15. The molecule has 0 amide bonds. The summed E-state index contributed by atoms with van der Waals surface area (Å²) < 4.78 is 0. The van der Waals surface area contributed by atoms with Crippen LogP contribution in [0.5, 0.6) is 0 Å². The molecule has 0 radical (unpaired) electrons. The third-order valence-corrected chi connectivity index (χ3v) is 10.8. The van der Waals surface area contributed by atoms with Crippen LogP contribution < -0.4 is 5.32 Å². The molecule has 0 bridgehead atoms. The summed E-state index contributed by atoms with van der Waals surface area (Å²) in [5.41, 5.74) is 4.68. The first-order valence-corrected chi connectivity index (χ1v) is 13.4. The van der Waals surface area contributed by atoms with Crippen LogP contribution in [0.1, 0.15) is 68.5 Å². The summed E-state index contributed by atoms with van der Waals surface area (Å²) in [7, 11) is 0. The zero-order valence-electron chi connectivity index (χ0n) is 19.0. The predicted octanol–water partition coefficient (Wildman–Crippen LogP) is 6.75. The van der Waals surface area contributed by atoms with Crippen LogP contribution in [0.2, 0.25) is 5.02 Å². The van der Waals surface area contributed by atoms with Crippen LogP contribution in [-0.2, 0) is 18.4 Å². The van der Waals surface area contributed by atoms with E-state index >= 15 is 0 Å². The Labute approximate surface area is 200 Å². The predicted molar refractivity (Wildman–Crippen MR) is 132 cm³/mol. The minimum atomic E-state index is -0.124. The van der Waals surface area contributed by atoms with E-state index < -0.39 is 0 Å². The minimum absolute atomic E-state index is 0.124. The lowest BCUT2D eigenvalue weighted by Gasteiger charge is -2.57. The van der Waals surface area contributed by atoms with Crippen molar-refractivity contribution < 1.29 is 5.11 Å². The second-order valence-corrected chi connectivity index (χ2v) is 12.6. The molecule has 4 aliphatic rings. The van der Waals surface area contributed by atoms with Gasteiger partial charge in [-0.15, -0.1) is 11.3 Å². The molecule has 0 aliphatic heterocycles. The Morgan fingerprint density at radius 3 is 2.69 bits per heavy atom. The molecule has 3 nitrogen and oxygen atoms in total. The van der Waals surface area contributed by atoms with Gasteiger partial charge in [-0.25, -0.2) is 4.98 Å². The molecule has 2 N–H and O–H groups in total. The lowest BCUT2D eigenvalue weighted by atomic mass is 9.48. The van der Waals surface area contributed by atoms with Crippen LogP contribution in [0.15, 0.2) is 35.9 Å². The molecule has 0 spiro atoms. The number of hydrogen-bond donors (Lipinski definition) is 2. The number of aliphatic hydroxyl groups is 1. The normalized spacial score (nSPS) is 37.7. The Hall–Kier alpha value is -1.36. The molecule has 2 aromatic rings. The Bertz CT molecular complexity index is 1060. The van der Waals surface area contributed by atoms with E-state index in [2.05, 4.69) is 37.4 Å². The van der Waals surface area contributed by atoms with E-state index in [1.54, 1.807) is 5.57 Å². The van der Waals surface area contributed by atoms with Gasteiger partial charge in [0.25, 0.3) is 0 Å². The number of halogens is 1. The number of anilines is 1. The van der Waals surface area contributed by atoms with Gasteiger partial charge < -0.3 is 10.4 Å². The SMILES string of the molecule is CC12CCC(O)CC1=CCC1C2CCC2(C)c3nc(NCc4ccc(Cl)cc4)sc3CC12. The maximum atomic E-state index is 10.2. The Morgan fingerprint density at radius 1 is 1.09 bits per heavy atom. The largest absolute Gasteiger partial charge is 0.393 e. The summed E-state index contributed by atoms with van der Waals surface area (Å²) in [6, 6.07) is 8.04. The van der Waals surface area contributed by atoms with Gasteiger partial charge in [-0.3, -0.25) is 0 Å². The van der Waals surface area contributed by atoms with Crippen molar-refractivity contribution in [2.24, 2.45) is 23.2 Å². The number of benzene rings is 1. The molecule has 6 unspecified atom stereocenters. The summed E-state index contributed by atoms with van der Waals surface area (Å²) >= 11 is 7.89. The van der Waals surface area contributed by atoms with Crippen molar-refractivity contribution in [3.05, 3.63) is 57.1 Å². The number of hydrogen-bond acceptors (Lipinski definition) is 4. The Kier molecular flexibility index (Phi) is 5.02. The van der Waals surface area contributed by atoms with E-state index in [1.165, 1.54) is 41.8 Å². The number of allylic oxidation sites excluding steroid dienone is 1. The number of rotatable bonds is 3. The molecule has 2 saturated carbocycles. The molecule has 32 heavy (non-hydrogen) atoms. The highest BCUT2D eigenvalue weighted by atomic mass is 35.5. The monoisotopic (exact) mass is 468 g/mol. The molecule has 1 aromatic carbocycles. The van der Waals surface area contributed by atoms with Gasteiger partial charge in [0.2, 0.25) is 0 Å². The lowest BCUT2D eigenvalue weighted by Crippen LogP contribution is -2.51. The zero-order chi connectivity index (χ0) is 22.1. The summed E-state index contributed by atoms with van der Waals surface area (Å²) in [4.78, 5) is 6.67. The zero-order valence-corrected chi connectivity index (χ0v) is 20.6. The first-order chi connectivity index (χ1) is 15.4. The van der Waals surface area contributed by atoms with Crippen LogP contribution >= 0.6 is 22.9 Å². The summed E-state index contributed by atoms with van der Waals surface area (Å²) in [6.45, 7) is 5.78. The number of nitrogens with one attached hydrogen (secondary N) is 1. The van der Waals surface area contributed by atoms with Gasteiger partial charge in [0.05, 0.1) is 11.8 Å². The van der Waals surface area contributed by atoms with Gasteiger partial charge in [-0.05, 0) is 85.8 Å². The molecule has 5 heteroatoms. The highest BCUT2D eigenvalue weighted by Crippen LogP contribution is 2.64. The van der Waals surface area contributed by atoms with E-state index in [0.29, 0.717) is 11.3 Å². The van der Waals surface area contributed by atoms with Gasteiger partial charge in [-0.1, -0.05) is 49.2 Å². The maximum absolute atomic E-state index is 10.2. The average Bonchev–Trinajstić information content (AvgIpc) is 3.30. The Morgan fingerprint density at radius 2 is 1.88 bits per heavy atom. The van der Waals surface area contributed by atoms with Crippen molar-refractivity contribution in [1.82, 2.24) is 4.98 Å². The van der Waals surface area contributed by atoms with Gasteiger partial charge in [0.15, 0.2) is 5.13 Å². The van der Waals surface area contributed by atoms with Gasteiger partial charge in [-0.2, -0.15) is 0 Å². The van der Waals surface area contributed by atoms with Crippen molar-refractivity contribution in [1.29, 1.82) is 0 Å². The van der Waals surface area contributed by atoms with Crippen molar-refractivity contribution in [3.8, 4) is 0 Å². The number of thiazole rings is 1. The van der Waals surface area contributed by atoms with E-state index in [1.807, 2.05) is 23.5 Å². The van der Waals surface area contributed by atoms with Crippen LogP contribution in [-0.4, -0.2) is 16.2 Å². The molecule has 1 heterocycles. The lowest BCUT2D eigenvalue weighted by molar-refractivity contribution is -0.0169. The van der Waals surface area contributed by atoms with E-state index in [0.717, 1.165) is 47.8 Å². The topological polar surface area (TPSA) is 45.2 Å². The van der Waals surface area contributed by atoms with Crippen LogP contribution in [0.3, 0.4) is 0 Å². The molecule has 0 saturated heterocycles. The standard InChI is InChI=1S/C27H33ClN2OS/c1-26-11-9-19(31)13-17(26)5-8-20-21(26)10-12-27(2)22(20)14-23-24(27)30-25(32-23)29-15-16-3-6-18(28)7-4-16/h3-7,19-22,31H,8-15H2,1-2H3,(H,29,30). The molecule has 2 fully saturated rings. The average molecular weight is 469 g/mol. The fourth-order valence-corrected chi connectivity index (χ4v) is 8.90. The van der Waals surface area contributed by atoms with Crippen molar-refractivity contribution in [2.75, 3.05) is 5.32 Å². The van der Waals surface area contributed by atoms with Gasteiger partial charge in [0, 0.05) is 21.9 Å². The van der Waals surface area contributed by atoms with Crippen LogP contribution in [0, 0.1) is 23.2 Å². The fourth-order valence-electron chi connectivity index (χ4n) is 7.62. The van der Waals surface area contributed by atoms with Crippen molar-refractivity contribution >= 4 is 28.1 Å². The second kappa shape index (κ2) is 7.58. The number of aromatic nitrogens is 1. The van der Waals surface area contributed by atoms with Crippen LogP contribution in [0.25, 0.3) is 0 Å². The van der Waals surface area contributed by atoms with Crippen molar-refractivity contribution in [3.63, 3.8) is 0 Å². The molecular weight excluding hydrogens is 436 g/mol. The first kappa shape index (κ1) is 21.2. The fraction of sp³-hybridized carbons (Fsp3) is 0.593. The molecule has 6 atom stereocenters. The summed E-state index contributed by atoms with van der Waals surface area (Å²) in [5.74, 6) is 2.23. The second-order valence-electron chi connectivity index (χ2n) is 11.1.